The van der Waals surface area contributed by atoms with Crippen LogP contribution < -0.4 is 4.74 Å². The summed E-state index contributed by atoms with van der Waals surface area (Å²) in [6, 6.07) is 12.4. The molecule has 0 atom stereocenters. The first-order valence-electron chi connectivity index (χ1n) is 12.8. The van der Waals surface area contributed by atoms with Crippen LogP contribution in [0.5, 0.6) is 6.01 Å². The molecule has 0 radical (unpaired) electrons. The molecular weight excluding hydrogens is 482 g/mol. The number of benzene rings is 1. The number of pyridine rings is 1. The SMILES string of the molecule is COc1nccc(-c2ccc3nc(Cc4cc(CN5CCN(C(=O)OC(C)(C)C)CC5)ccn4)[nH]c3c2)n1. The van der Waals surface area contributed by atoms with Crippen LogP contribution in [0.2, 0.25) is 0 Å². The van der Waals surface area contributed by atoms with Crippen molar-refractivity contribution < 1.29 is 14.3 Å². The zero-order chi connectivity index (χ0) is 26.7. The van der Waals surface area contributed by atoms with Gasteiger partial charge in [-0.05, 0) is 56.7 Å². The highest BCUT2D eigenvalue weighted by molar-refractivity contribution is 5.81. The van der Waals surface area contributed by atoms with Crippen LogP contribution in [0.3, 0.4) is 0 Å². The number of carbonyl (C=O) groups excluding carboxylic acids is 1. The summed E-state index contributed by atoms with van der Waals surface area (Å²) in [7, 11) is 1.55. The number of fused-ring (bicyclic) bond motifs is 1. The highest BCUT2D eigenvalue weighted by Gasteiger charge is 2.25. The fourth-order valence-corrected chi connectivity index (χ4v) is 4.47. The standard InChI is InChI=1S/C28H33N7O3/c1-28(2,3)38-27(36)35-13-11-34(12-14-35)18-19-7-9-29-21(15-19)17-25-31-23-6-5-20(16-24(23)32-25)22-8-10-30-26(33-22)37-4/h5-10,15-16H,11-14,17-18H2,1-4H3,(H,31,32). The van der Waals surface area contributed by atoms with E-state index in [0.29, 0.717) is 25.5 Å². The van der Waals surface area contributed by atoms with E-state index in [9.17, 15) is 4.79 Å². The van der Waals surface area contributed by atoms with Crippen molar-refractivity contribution in [3.05, 3.63) is 65.9 Å². The summed E-state index contributed by atoms with van der Waals surface area (Å²) in [6.07, 6.45) is 3.90. The monoisotopic (exact) mass is 515 g/mol. The third-order valence-corrected chi connectivity index (χ3v) is 6.30. The quantitative estimate of drug-likeness (QED) is 0.409. The molecule has 0 unspecified atom stereocenters. The van der Waals surface area contributed by atoms with Crippen molar-refractivity contribution in [3.63, 3.8) is 0 Å². The van der Waals surface area contributed by atoms with Gasteiger partial charge in [0.25, 0.3) is 0 Å². The lowest BCUT2D eigenvalue weighted by Crippen LogP contribution is -2.49. The van der Waals surface area contributed by atoms with Crippen molar-refractivity contribution in [2.24, 2.45) is 0 Å². The number of hydrogen-bond acceptors (Lipinski definition) is 8. The van der Waals surface area contributed by atoms with Crippen LogP contribution in [0.15, 0.2) is 48.8 Å². The molecule has 1 aliphatic rings. The van der Waals surface area contributed by atoms with Crippen LogP contribution in [0, 0.1) is 0 Å². The second kappa shape index (κ2) is 10.7. The Kier molecular flexibility index (Phi) is 7.24. The lowest BCUT2D eigenvalue weighted by Gasteiger charge is -2.35. The highest BCUT2D eigenvalue weighted by Crippen LogP contribution is 2.23. The van der Waals surface area contributed by atoms with E-state index in [4.69, 9.17) is 14.5 Å². The number of methoxy groups -OCH3 is 1. The lowest BCUT2D eigenvalue weighted by molar-refractivity contribution is 0.0139. The third-order valence-electron chi connectivity index (χ3n) is 6.30. The molecule has 5 rings (SSSR count). The van der Waals surface area contributed by atoms with Gasteiger partial charge >= 0.3 is 12.1 Å². The maximum atomic E-state index is 12.3. The Morgan fingerprint density at radius 1 is 1.00 bits per heavy atom. The molecule has 10 heteroatoms. The molecule has 0 aliphatic carbocycles. The van der Waals surface area contributed by atoms with Gasteiger partial charge in [-0.3, -0.25) is 9.88 Å². The molecule has 0 saturated carbocycles. The van der Waals surface area contributed by atoms with Gasteiger partial charge < -0.3 is 19.4 Å². The molecule has 3 aromatic heterocycles. The Morgan fingerprint density at radius 3 is 2.55 bits per heavy atom. The lowest BCUT2D eigenvalue weighted by atomic mass is 10.1. The molecule has 0 bridgehead atoms. The minimum Gasteiger partial charge on any atom is -0.467 e. The number of ether oxygens (including phenoxy) is 2. The van der Waals surface area contributed by atoms with E-state index in [-0.39, 0.29) is 6.09 Å². The van der Waals surface area contributed by atoms with Crippen LogP contribution in [0.4, 0.5) is 4.79 Å². The summed E-state index contributed by atoms with van der Waals surface area (Å²) in [5.41, 5.74) is 5.25. The number of carbonyl (C=O) groups is 1. The number of aromatic nitrogens is 5. The molecule has 1 amide bonds. The molecule has 1 N–H and O–H groups in total. The van der Waals surface area contributed by atoms with Crippen LogP contribution in [-0.2, 0) is 17.7 Å². The number of piperazine rings is 1. The van der Waals surface area contributed by atoms with Gasteiger partial charge in [0.2, 0.25) is 0 Å². The van der Waals surface area contributed by atoms with Crippen molar-refractivity contribution in [2.75, 3.05) is 33.3 Å². The minimum atomic E-state index is -0.477. The van der Waals surface area contributed by atoms with Crippen molar-refractivity contribution in [1.29, 1.82) is 0 Å². The predicted molar refractivity (Wildman–Crippen MR) is 144 cm³/mol. The molecule has 4 aromatic rings. The average molecular weight is 516 g/mol. The number of imidazole rings is 1. The number of rotatable bonds is 6. The van der Waals surface area contributed by atoms with Gasteiger partial charge in [-0.25, -0.2) is 14.8 Å². The van der Waals surface area contributed by atoms with E-state index in [1.165, 1.54) is 5.56 Å². The largest absolute Gasteiger partial charge is 0.467 e. The Labute approximate surface area is 222 Å². The topological polar surface area (TPSA) is 109 Å². The molecule has 1 saturated heterocycles. The number of amides is 1. The van der Waals surface area contributed by atoms with Crippen LogP contribution in [-0.4, -0.2) is 79.7 Å². The Morgan fingerprint density at radius 2 is 1.79 bits per heavy atom. The number of hydrogen-bond donors (Lipinski definition) is 1. The Bertz CT molecular complexity index is 1420. The summed E-state index contributed by atoms with van der Waals surface area (Å²) >= 11 is 0. The first-order chi connectivity index (χ1) is 18.3. The summed E-state index contributed by atoms with van der Waals surface area (Å²) in [4.78, 5) is 37.7. The molecule has 10 nitrogen and oxygen atoms in total. The molecule has 1 fully saturated rings. The van der Waals surface area contributed by atoms with E-state index in [1.807, 2.05) is 57.3 Å². The van der Waals surface area contributed by atoms with Crippen molar-refractivity contribution in [3.8, 4) is 17.3 Å². The summed E-state index contributed by atoms with van der Waals surface area (Å²) in [5.74, 6) is 0.855. The van der Waals surface area contributed by atoms with E-state index in [1.54, 1.807) is 18.2 Å². The first-order valence-corrected chi connectivity index (χ1v) is 12.8. The van der Waals surface area contributed by atoms with E-state index < -0.39 is 5.60 Å². The fraction of sp³-hybridized carbons (Fsp3) is 0.393. The fourth-order valence-electron chi connectivity index (χ4n) is 4.47. The van der Waals surface area contributed by atoms with E-state index in [2.05, 4.69) is 30.9 Å². The summed E-state index contributed by atoms with van der Waals surface area (Å²) in [6.45, 7) is 9.42. The molecule has 198 valence electrons. The number of nitrogens with one attached hydrogen (secondary N) is 1. The van der Waals surface area contributed by atoms with Gasteiger partial charge in [-0.15, -0.1) is 0 Å². The second-order valence-electron chi connectivity index (χ2n) is 10.4. The molecule has 0 spiro atoms. The number of H-pyrrole nitrogens is 1. The van der Waals surface area contributed by atoms with Crippen LogP contribution in [0.1, 0.15) is 37.9 Å². The maximum absolute atomic E-state index is 12.3. The maximum Gasteiger partial charge on any atom is 0.410 e. The third kappa shape index (κ3) is 6.25. The molecule has 4 heterocycles. The van der Waals surface area contributed by atoms with E-state index >= 15 is 0 Å². The summed E-state index contributed by atoms with van der Waals surface area (Å²) < 4.78 is 10.7. The van der Waals surface area contributed by atoms with Crippen LogP contribution in [0.25, 0.3) is 22.3 Å². The molecule has 1 aliphatic heterocycles. The zero-order valence-corrected chi connectivity index (χ0v) is 22.3. The first kappa shape index (κ1) is 25.6. The zero-order valence-electron chi connectivity index (χ0n) is 22.3. The van der Waals surface area contributed by atoms with Crippen molar-refractivity contribution in [2.45, 2.75) is 39.3 Å². The Balaban J connectivity index is 1.21. The smallest absolute Gasteiger partial charge is 0.410 e. The van der Waals surface area contributed by atoms with Gasteiger partial charge in [0.1, 0.15) is 11.4 Å². The van der Waals surface area contributed by atoms with Gasteiger partial charge in [-0.2, -0.15) is 4.98 Å². The number of nitrogens with zero attached hydrogens (tertiary/aromatic N) is 6. The molecule has 38 heavy (non-hydrogen) atoms. The van der Waals surface area contributed by atoms with E-state index in [0.717, 1.165) is 53.4 Å². The van der Waals surface area contributed by atoms with Crippen molar-refractivity contribution in [1.82, 2.24) is 34.7 Å². The normalized spacial score (nSPS) is 14.6. The van der Waals surface area contributed by atoms with Crippen LogP contribution >= 0.6 is 0 Å². The minimum absolute atomic E-state index is 0.238. The molecule has 1 aromatic carbocycles. The van der Waals surface area contributed by atoms with Gasteiger partial charge in [0, 0.05) is 62.8 Å². The van der Waals surface area contributed by atoms with Gasteiger partial charge in [0.15, 0.2) is 0 Å². The second-order valence-corrected chi connectivity index (χ2v) is 10.4. The van der Waals surface area contributed by atoms with Gasteiger partial charge in [0.05, 0.1) is 23.8 Å². The van der Waals surface area contributed by atoms with Gasteiger partial charge in [-0.1, -0.05) is 6.07 Å². The summed E-state index contributed by atoms with van der Waals surface area (Å²) in [5, 5.41) is 0. The highest BCUT2D eigenvalue weighted by atomic mass is 16.6. The molecular formula is C28H33N7O3. The average Bonchev–Trinajstić information content (AvgIpc) is 3.30. The van der Waals surface area contributed by atoms with Crippen molar-refractivity contribution >= 4 is 17.1 Å². The predicted octanol–water partition coefficient (Wildman–Crippen LogP) is 4.07. The number of aromatic amines is 1. The Hall–Kier alpha value is -4.05.